The van der Waals surface area contributed by atoms with Gasteiger partial charge in [0.15, 0.2) is 0 Å². The topological polar surface area (TPSA) is 92.1 Å². The van der Waals surface area contributed by atoms with Crippen LogP contribution in [0.5, 0.6) is 0 Å². The first-order chi connectivity index (χ1) is 15.9. The Bertz CT molecular complexity index is 1070. The lowest BCUT2D eigenvalue weighted by atomic mass is 10.1. The summed E-state index contributed by atoms with van der Waals surface area (Å²) in [4.78, 5) is 15.5. The van der Waals surface area contributed by atoms with E-state index in [1.165, 1.54) is 10.4 Å². The van der Waals surface area contributed by atoms with Crippen molar-refractivity contribution in [1.82, 2.24) is 14.5 Å². The lowest BCUT2D eigenvalue weighted by Crippen LogP contribution is -2.43. The van der Waals surface area contributed by atoms with Gasteiger partial charge in [-0.3, -0.25) is 9.69 Å². The fourth-order valence-corrected chi connectivity index (χ4v) is 6.25. The van der Waals surface area contributed by atoms with Crippen LogP contribution in [0, 0.1) is 13.8 Å². The lowest BCUT2D eigenvalue weighted by molar-refractivity contribution is 0.0117. The third-order valence-electron chi connectivity index (χ3n) is 6.42. The minimum absolute atomic E-state index is 0.117. The minimum Gasteiger partial charge on any atom is -0.465 e. The van der Waals surface area contributed by atoms with E-state index < -0.39 is 10.0 Å². The van der Waals surface area contributed by atoms with Crippen LogP contribution in [0.3, 0.4) is 0 Å². The van der Waals surface area contributed by atoms with Gasteiger partial charge in [-0.1, -0.05) is 12.5 Å². The number of nitrogens with zero attached hydrogens (tertiary/aromatic N) is 2. The number of benzene rings is 1. The Morgan fingerprint density at radius 3 is 2.42 bits per heavy atom. The van der Waals surface area contributed by atoms with Crippen molar-refractivity contribution in [3.05, 3.63) is 53.0 Å². The van der Waals surface area contributed by atoms with Crippen LogP contribution in [0.25, 0.3) is 0 Å². The highest BCUT2D eigenvalue weighted by molar-refractivity contribution is 7.89. The molecule has 2 aliphatic heterocycles. The zero-order valence-electron chi connectivity index (χ0n) is 19.4. The van der Waals surface area contributed by atoms with Crippen LogP contribution in [0.15, 0.2) is 39.6 Å². The number of carbonyl (C=O) groups excluding carboxylic acids is 1. The van der Waals surface area contributed by atoms with E-state index in [-0.39, 0.29) is 16.8 Å². The molecule has 4 rings (SSSR count). The third kappa shape index (κ3) is 5.48. The molecule has 2 fully saturated rings. The van der Waals surface area contributed by atoms with Gasteiger partial charge in [-0.15, -0.1) is 0 Å². The molecule has 0 unspecified atom stereocenters. The van der Waals surface area contributed by atoms with E-state index in [4.69, 9.17) is 9.15 Å². The molecule has 0 bridgehead atoms. The van der Waals surface area contributed by atoms with Gasteiger partial charge < -0.3 is 14.5 Å². The van der Waals surface area contributed by atoms with E-state index >= 15 is 0 Å². The predicted octanol–water partition coefficient (Wildman–Crippen LogP) is 2.87. The van der Waals surface area contributed by atoms with Crippen molar-refractivity contribution in [2.45, 2.75) is 44.0 Å². The minimum atomic E-state index is -3.62. The molecule has 1 aromatic heterocycles. The van der Waals surface area contributed by atoms with Crippen LogP contribution in [0.2, 0.25) is 0 Å². The Hall–Kier alpha value is -2.20. The smallest absolute Gasteiger partial charge is 0.251 e. The highest BCUT2D eigenvalue weighted by Gasteiger charge is 2.29. The number of morpholine rings is 1. The van der Waals surface area contributed by atoms with Crippen molar-refractivity contribution < 1.29 is 22.4 Å². The number of furan rings is 1. The van der Waals surface area contributed by atoms with Gasteiger partial charge in [0.05, 0.1) is 24.2 Å². The quantitative estimate of drug-likeness (QED) is 0.662. The van der Waals surface area contributed by atoms with Crippen molar-refractivity contribution in [2.24, 2.45) is 0 Å². The second-order valence-electron chi connectivity index (χ2n) is 8.77. The summed E-state index contributed by atoms with van der Waals surface area (Å²) in [6, 6.07) is 8.64. The number of rotatable bonds is 7. The number of aryl methyl sites for hydroxylation is 2. The molecular formula is C24H33N3O5S. The number of nitrogens with one attached hydrogen (secondary N) is 1. The molecular weight excluding hydrogens is 442 g/mol. The molecule has 0 spiro atoms. The van der Waals surface area contributed by atoms with Crippen molar-refractivity contribution in [3.8, 4) is 0 Å². The van der Waals surface area contributed by atoms with Gasteiger partial charge in [0.2, 0.25) is 10.0 Å². The number of ether oxygens (including phenoxy) is 1. The van der Waals surface area contributed by atoms with E-state index in [2.05, 4.69) is 10.2 Å². The maximum atomic E-state index is 13.2. The molecule has 2 aromatic rings. The summed E-state index contributed by atoms with van der Waals surface area (Å²) in [5.74, 6) is 1.32. The van der Waals surface area contributed by atoms with Crippen molar-refractivity contribution in [3.63, 3.8) is 0 Å². The van der Waals surface area contributed by atoms with Gasteiger partial charge in [-0.05, 0) is 56.5 Å². The molecule has 33 heavy (non-hydrogen) atoms. The normalized spacial score (nSPS) is 19.3. The molecule has 1 aromatic carbocycles. The molecule has 180 valence electrons. The number of carbonyl (C=O) groups is 1. The highest BCUT2D eigenvalue weighted by Crippen LogP contribution is 2.26. The van der Waals surface area contributed by atoms with Crippen molar-refractivity contribution in [2.75, 3.05) is 45.9 Å². The Kier molecular flexibility index (Phi) is 7.53. The van der Waals surface area contributed by atoms with Crippen LogP contribution in [0.1, 0.15) is 52.7 Å². The van der Waals surface area contributed by atoms with Crippen LogP contribution in [-0.4, -0.2) is 69.5 Å². The van der Waals surface area contributed by atoms with E-state index in [9.17, 15) is 13.2 Å². The average Bonchev–Trinajstić information content (AvgIpc) is 3.26. The maximum absolute atomic E-state index is 13.2. The largest absolute Gasteiger partial charge is 0.465 e. The van der Waals surface area contributed by atoms with Gasteiger partial charge >= 0.3 is 0 Å². The molecule has 1 amide bonds. The van der Waals surface area contributed by atoms with Crippen LogP contribution in [0.4, 0.5) is 0 Å². The zero-order chi connectivity index (χ0) is 23.4. The number of hydrogen-bond acceptors (Lipinski definition) is 6. The van der Waals surface area contributed by atoms with Gasteiger partial charge in [-0.25, -0.2) is 8.42 Å². The zero-order valence-corrected chi connectivity index (χ0v) is 20.2. The first kappa shape index (κ1) is 23.9. The van der Waals surface area contributed by atoms with E-state index in [1.807, 2.05) is 19.1 Å². The SMILES string of the molecule is Cc1ccc([C@H](CNC(=O)c2ccc(C)c(S(=O)(=O)N3CCCCC3)c2)N2CCOCC2)o1. The van der Waals surface area contributed by atoms with Gasteiger partial charge in [-0.2, -0.15) is 4.31 Å². The molecule has 1 N–H and O–H groups in total. The van der Waals surface area contributed by atoms with E-state index in [1.54, 1.807) is 19.1 Å². The summed E-state index contributed by atoms with van der Waals surface area (Å²) in [7, 11) is -3.62. The summed E-state index contributed by atoms with van der Waals surface area (Å²) in [5.41, 5.74) is 0.988. The standard InChI is InChI=1S/C24H33N3O5S/c1-18-6-8-20(16-23(18)33(29,30)27-10-4-3-5-11-27)24(28)25-17-21(22-9-7-19(2)32-22)26-12-14-31-15-13-26/h6-9,16,21H,3-5,10-15,17H2,1-2H3,(H,25,28)/t21-/m0/s1. The maximum Gasteiger partial charge on any atom is 0.251 e. The Balaban J connectivity index is 1.51. The van der Waals surface area contributed by atoms with Crippen molar-refractivity contribution in [1.29, 1.82) is 0 Å². The molecule has 2 aliphatic rings. The van der Waals surface area contributed by atoms with E-state index in [0.717, 1.165) is 43.9 Å². The lowest BCUT2D eigenvalue weighted by Gasteiger charge is -2.33. The predicted molar refractivity (Wildman–Crippen MR) is 125 cm³/mol. The first-order valence-corrected chi connectivity index (χ1v) is 13.1. The average molecular weight is 476 g/mol. The summed E-state index contributed by atoms with van der Waals surface area (Å²) in [6.07, 6.45) is 2.79. The monoisotopic (exact) mass is 475 g/mol. The second-order valence-corrected chi connectivity index (χ2v) is 10.7. The molecule has 1 atom stereocenters. The fraction of sp³-hybridized carbons (Fsp3) is 0.542. The summed E-state index contributed by atoms with van der Waals surface area (Å²) in [5, 5.41) is 2.99. The molecule has 8 nitrogen and oxygen atoms in total. The molecule has 2 saturated heterocycles. The third-order valence-corrected chi connectivity index (χ3v) is 8.46. The molecule has 0 aliphatic carbocycles. The number of piperidine rings is 1. The Labute approximate surface area is 195 Å². The van der Waals surface area contributed by atoms with Gasteiger partial charge in [0.1, 0.15) is 11.5 Å². The van der Waals surface area contributed by atoms with Crippen LogP contribution >= 0.6 is 0 Å². The number of amides is 1. The summed E-state index contributed by atoms with van der Waals surface area (Å²) < 4.78 is 39.3. The molecule has 0 radical (unpaired) electrons. The number of sulfonamides is 1. The van der Waals surface area contributed by atoms with Crippen LogP contribution < -0.4 is 5.32 Å². The number of hydrogen-bond donors (Lipinski definition) is 1. The Morgan fingerprint density at radius 1 is 1.03 bits per heavy atom. The molecule has 3 heterocycles. The summed E-state index contributed by atoms with van der Waals surface area (Å²) in [6.45, 7) is 7.87. The Morgan fingerprint density at radius 2 is 1.76 bits per heavy atom. The van der Waals surface area contributed by atoms with Gasteiger partial charge in [0, 0.05) is 38.3 Å². The molecule has 9 heteroatoms. The van der Waals surface area contributed by atoms with Crippen LogP contribution in [-0.2, 0) is 14.8 Å². The second kappa shape index (κ2) is 10.4. The van der Waals surface area contributed by atoms with Gasteiger partial charge in [0.25, 0.3) is 5.91 Å². The fourth-order valence-electron chi connectivity index (χ4n) is 4.49. The molecule has 0 saturated carbocycles. The first-order valence-electron chi connectivity index (χ1n) is 11.6. The highest BCUT2D eigenvalue weighted by atomic mass is 32.2. The van der Waals surface area contributed by atoms with E-state index in [0.29, 0.717) is 44.0 Å². The summed E-state index contributed by atoms with van der Waals surface area (Å²) >= 11 is 0. The van der Waals surface area contributed by atoms with Crippen molar-refractivity contribution >= 4 is 15.9 Å².